The summed E-state index contributed by atoms with van der Waals surface area (Å²) in [5.74, 6) is -98.0. The van der Waals surface area contributed by atoms with Crippen LogP contribution in [0.1, 0.15) is 0 Å². The number of hydrogen-bond donors (Lipinski definition) is 0. The van der Waals surface area contributed by atoms with Crippen molar-refractivity contribution in [1.29, 1.82) is 0 Å². The first kappa shape index (κ1) is 37.3. The highest BCUT2D eigenvalue weighted by Crippen LogP contribution is 2.67. The monoisotopic (exact) mass is 664 g/mol. The van der Waals surface area contributed by atoms with Crippen LogP contribution in [0.5, 0.6) is 0 Å². The van der Waals surface area contributed by atoms with Gasteiger partial charge in [-0.25, -0.2) is 8.78 Å². The van der Waals surface area contributed by atoms with Gasteiger partial charge in [0, 0.05) is 0 Å². The molecule has 0 aromatic rings. The van der Waals surface area contributed by atoms with Gasteiger partial charge in [-0.2, -0.15) is 96.6 Å². The van der Waals surface area contributed by atoms with E-state index in [2.05, 4.69) is 11.6 Å². The molecule has 0 atom stereocenters. The molecule has 0 aliphatic rings. The number of hydrogen-bond acceptors (Lipinski definition) is 1. The molecule has 0 aliphatic carbocycles. The van der Waals surface area contributed by atoms with Crippen molar-refractivity contribution in [2.45, 2.75) is 71.6 Å². The lowest BCUT2D eigenvalue weighted by Gasteiger charge is -2.45. The Kier molecular flexibility index (Phi) is 8.74. The maximum Gasteiger partial charge on any atom is 0.388 e. The number of rotatable bonds is 12. The molecule has 0 saturated heterocycles. The average Bonchev–Trinajstić information content (AvgIpc) is 2.71. The normalized spacial score (nSPS) is 16.7. The van der Waals surface area contributed by atoms with Crippen molar-refractivity contribution < 1.29 is 110 Å². The van der Waals surface area contributed by atoms with Crippen molar-refractivity contribution in [1.82, 2.24) is 0 Å². The molecule has 26 heteroatoms. The summed E-state index contributed by atoms with van der Waals surface area (Å²) in [5.41, 5.74) is 0. The van der Waals surface area contributed by atoms with Crippen LogP contribution < -0.4 is 0 Å². The van der Waals surface area contributed by atoms with Gasteiger partial charge in [0.05, 0.1) is 0 Å². The second-order valence-corrected chi connectivity index (χ2v) is 7.28. The first-order valence-corrected chi connectivity index (χ1v) is 8.40. The lowest BCUT2D eigenvalue weighted by Crippen LogP contribution is -2.78. The fourth-order valence-corrected chi connectivity index (χ4v) is 2.17. The largest absolute Gasteiger partial charge is 0.388 e. The van der Waals surface area contributed by atoms with Crippen molar-refractivity contribution in [2.75, 3.05) is 0 Å². The Bertz CT molecular complexity index is 932. The van der Waals surface area contributed by atoms with Gasteiger partial charge in [-0.15, -0.1) is 0 Å². The second kappa shape index (κ2) is 9.14. The quantitative estimate of drug-likeness (QED) is 0.153. The molecule has 0 spiro atoms. The molecule has 234 valence electrons. The predicted octanol–water partition coefficient (Wildman–Crippen LogP) is 8.01. The van der Waals surface area contributed by atoms with Crippen LogP contribution in [0.3, 0.4) is 0 Å². The molecule has 0 rings (SSSR count). The van der Waals surface area contributed by atoms with E-state index in [0.29, 0.717) is 0 Å². The van der Waals surface area contributed by atoms with Crippen molar-refractivity contribution in [3.05, 3.63) is 0 Å². The molecule has 0 aliphatic heterocycles. The maximum absolute atomic E-state index is 13.5. The third kappa shape index (κ3) is 4.24. The zero-order valence-electron chi connectivity index (χ0n) is 16.4. The minimum absolute atomic E-state index is 3.63. The molecular weight excluding hydrogens is 664 g/mol. The number of carbonyl (C=O) groups is 1. The molecule has 0 aromatic heterocycles. The third-order valence-corrected chi connectivity index (χ3v) is 4.73. The first-order chi connectivity index (χ1) is 16.4. The highest BCUT2D eigenvalue weighted by atomic mass is 35.5. The van der Waals surface area contributed by atoms with Gasteiger partial charge in [0.25, 0.3) is 5.24 Å². The van der Waals surface area contributed by atoms with Gasteiger partial charge in [0.15, 0.2) is 0 Å². The lowest BCUT2D eigenvalue weighted by atomic mass is 9.84. The Morgan fingerprint density at radius 1 is 0.385 bits per heavy atom. The molecule has 0 saturated carbocycles. The smallest absolute Gasteiger partial charge is 0.274 e. The molecule has 1 nitrogen and oxygen atoms in total. The van der Waals surface area contributed by atoms with Crippen LogP contribution in [0.4, 0.5) is 105 Å². The zero-order valence-corrected chi connectivity index (χ0v) is 17.2. The van der Waals surface area contributed by atoms with E-state index in [1.54, 1.807) is 0 Å². The Hall–Kier alpha value is -1.72. The summed E-state index contributed by atoms with van der Waals surface area (Å²) in [6.07, 6.45) is -6.28. The molecule has 0 bridgehead atoms. The van der Waals surface area contributed by atoms with Gasteiger partial charge in [-0.1, -0.05) is 0 Å². The van der Waals surface area contributed by atoms with E-state index in [4.69, 9.17) is 0 Å². The molecule has 0 fully saturated rings. The number of alkyl halides is 24. The van der Waals surface area contributed by atoms with Crippen LogP contribution >= 0.6 is 11.6 Å². The minimum atomic E-state index is -9.55. The topological polar surface area (TPSA) is 17.1 Å². The van der Waals surface area contributed by atoms with Gasteiger partial charge in [-0.05, 0) is 11.6 Å². The molecule has 0 N–H and O–H groups in total. The van der Waals surface area contributed by atoms with E-state index < -0.39 is 76.8 Å². The molecule has 0 amide bonds. The average molecular weight is 665 g/mol. The Morgan fingerprint density at radius 3 is 0.744 bits per heavy atom. The van der Waals surface area contributed by atoms with Gasteiger partial charge < -0.3 is 0 Å². The first-order valence-electron chi connectivity index (χ1n) is 8.03. The van der Waals surface area contributed by atoms with Crippen molar-refractivity contribution >= 4 is 16.8 Å². The summed E-state index contributed by atoms with van der Waals surface area (Å²) >= 11 is 3.63. The second-order valence-electron chi connectivity index (χ2n) is 6.94. The van der Waals surface area contributed by atoms with E-state index in [9.17, 15) is 110 Å². The summed E-state index contributed by atoms with van der Waals surface area (Å²) in [7, 11) is 0. The fourth-order valence-electron chi connectivity index (χ4n) is 2.05. The lowest BCUT2D eigenvalue weighted by molar-refractivity contribution is -0.475. The highest BCUT2D eigenvalue weighted by molar-refractivity contribution is 6.65. The Morgan fingerprint density at radius 2 is 0.564 bits per heavy atom. The van der Waals surface area contributed by atoms with Crippen molar-refractivity contribution in [2.24, 2.45) is 0 Å². The van der Waals surface area contributed by atoms with E-state index in [1.165, 1.54) is 0 Å². The molecular formula is C13HClF24O. The van der Waals surface area contributed by atoms with E-state index in [1.807, 2.05) is 0 Å². The Labute approximate surface area is 200 Å². The molecule has 0 radical (unpaired) electrons. The van der Waals surface area contributed by atoms with Gasteiger partial charge in [-0.3, -0.25) is 4.79 Å². The number of halogens is 25. The summed E-state index contributed by atoms with van der Waals surface area (Å²) in [5, 5.41) is -4.17. The summed E-state index contributed by atoms with van der Waals surface area (Å²) in [4.78, 5) is 10.1. The highest BCUT2D eigenvalue weighted by Gasteiger charge is 2.99. The van der Waals surface area contributed by atoms with Gasteiger partial charge in [0.2, 0.25) is 0 Å². The van der Waals surface area contributed by atoms with Crippen LogP contribution in [-0.2, 0) is 4.79 Å². The van der Waals surface area contributed by atoms with Crippen molar-refractivity contribution in [3.8, 4) is 0 Å². The summed E-state index contributed by atoms with van der Waals surface area (Å²) in [6.45, 7) is 0. The third-order valence-electron chi connectivity index (χ3n) is 4.49. The molecule has 0 aromatic carbocycles. The number of carbonyl (C=O) groups excluding carboxylic acids is 1. The van der Waals surface area contributed by atoms with E-state index >= 15 is 0 Å². The predicted molar refractivity (Wildman–Crippen MR) is 71.3 cm³/mol. The van der Waals surface area contributed by atoms with E-state index in [0.717, 1.165) is 0 Å². The van der Waals surface area contributed by atoms with Crippen molar-refractivity contribution in [3.63, 3.8) is 0 Å². The minimum Gasteiger partial charge on any atom is -0.274 e. The standard InChI is InChI=1S/C13HClF24O/c14-1(39)3(17,18)5(21,22)7(25,26)9(29,30)11(33,34)13(37,38)12(35,36)10(31,32)8(27,28)6(23,24)4(19,20)2(15)16/h2H. The Balaban J connectivity index is 7.32. The molecule has 0 heterocycles. The summed E-state index contributed by atoms with van der Waals surface area (Å²) < 4.78 is 315. The maximum atomic E-state index is 13.5. The van der Waals surface area contributed by atoms with Crippen LogP contribution in [0.25, 0.3) is 0 Å². The summed E-state index contributed by atoms with van der Waals surface area (Å²) in [6, 6.07) is 0. The van der Waals surface area contributed by atoms with Gasteiger partial charge >= 0.3 is 71.6 Å². The van der Waals surface area contributed by atoms with Gasteiger partial charge in [0.1, 0.15) is 0 Å². The van der Waals surface area contributed by atoms with Crippen LogP contribution in [0, 0.1) is 0 Å². The van der Waals surface area contributed by atoms with Crippen LogP contribution in [0.15, 0.2) is 0 Å². The molecule has 39 heavy (non-hydrogen) atoms. The SMILES string of the molecule is O=C(Cl)C(F)(F)C(F)(F)C(F)(F)C(F)(F)C(F)(F)C(F)(F)C(F)(F)C(F)(F)C(F)(F)C(F)(F)C(F)(F)C(F)F. The fraction of sp³-hybridized carbons (Fsp3) is 0.923. The molecule has 0 unspecified atom stereocenters. The van der Waals surface area contributed by atoms with E-state index in [-0.39, 0.29) is 0 Å². The van der Waals surface area contributed by atoms with Crippen LogP contribution in [-0.4, -0.2) is 76.8 Å². The zero-order chi connectivity index (χ0) is 32.7. The van der Waals surface area contributed by atoms with Crippen LogP contribution in [0.2, 0.25) is 0 Å².